The van der Waals surface area contributed by atoms with Crippen LogP contribution in [-0.4, -0.2) is 38.1 Å². The maximum atomic E-state index is 3.48. The molecule has 1 saturated heterocycles. The highest BCUT2D eigenvalue weighted by Gasteiger charge is 2.35. The van der Waals surface area contributed by atoms with Crippen molar-refractivity contribution >= 4 is 0 Å². The highest BCUT2D eigenvalue weighted by Crippen LogP contribution is 2.39. The van der Waals surface area contributed by atoms with E-state index in [0.29, 0.717) is 5.41 Å². The Morgan fingerprint density at radius 2 is 1.58 bits per heavy atom. The van der Waals surface area contributed by atoms with E-state index in [1.54, 1.807) is 0 Å². The second-order valence-corrected chi connectivity index (χ2v) is 7.26. The van der Waals surface area contributed by atoms with E-state index in [2.05, 4.69) is 24.2 Å². The topological polar surface area (TPSA) is 15.3 Å². The van der Waals surface area contributed by atoms with Gasteiger partial charge >= 0.3 is 0 Å². The molecule has 0 aromatic carbocycles. The summed E-state index contributed by atoms with van der Waals surface area (Å²) in [6, 6.07) is 0. The van der Waals surface area contributed by atoms with Crippen LogP contribution in [0.2, 0.25) is 0 Å². The van der Waals surface area contributed by atoms with Crippen molar-refractivity contribution in [3.63, 3.8) is 0 Å². The van der Waals surface area contributed by atoms with Gasteiger partial charge in [-0.1, -0.05) is 39.0 Å². The van der Waals surface area contributed by atoms with Gasteiger partial charge in [0, 0.05) is 13.1 Å². The summed E-state index contributed by atoms with van der Waals surface area (Å²) < 4.78 is 0. The fourth-order valence-corrected chi connectivity index (χ4v) is 4.09. The Balaban J connectivity index is 1.90. The molecule has 1 aliphatic carbocycles. The number of hydrogen-bond acceptors (Lipinski definition) is 2. The van der Waals surface area contributed by atoms with Crippen molar-refractivity contribution in [1.82, 2.24) is 10.2 Å². The lowest BCUT2D eigenvalue weighted by Gasteiger charge is -2.43. The second-order valence-electron chi connectivity index (χ2n) is 7.26. The van der Waals surface area contributed by atoms with Crippen LogP contribution in [0.15, 0.2) is 0 Å². The first-order valence-electron chi connectivity index (χ1n) is 8.61. The van der Waals surface area contributed by atoms with Gasteiger partial charge in [0.2, 0.25) is 0 Å². The zero-order valence-corrected chi connectivity index (χ0v) is 13.2. The van der Waals surface area contributed by atoms with E-state index in [9.17, 15) is 0 Å². The van der Waals surface area contributed by atoms with E-state index < -0.39 is 0 Å². The predicted molar refractivity (Wildman–Crippen MR) is 83.5 cm³/mol. The minimum absolute atomic E-state index is 0.570. The fraction of sp³-hybridized carbons (Fsp3) is 1.00. The monoisotopic (exact) mass is 266 g/mol. The lowest BCUT2D eigenvalue weighted by molar-refractivity contribution is 0.0835. The normalized spacial score (nSPS) is 34.7. The Morgan fingerprint density at radius 1 is 1.00 bits per heavy atom. The lowest BCUT2D eigenvalue weighted by Crippen LogP contribution is -2.46. The molecule has 1 heterocycles. The van der Waals surface area contributed by atoms with Crippen LogP contribution < -0.4 is 5.32 Å². The van der Waals surface area contributed by atoms with Gasteiger partial charge < -0.3 is 10.2 Å². The number of hydrogen-bond donors (Lipinski definition) is 1. The standard InChI is InChI=1S/C17H34N2/c1-16-8-10-17(11-9-16,14-18-2)15-19-12-6-4-3-5-7-13-19/h16,18H,3-15H2,1-2H3. The van der Waals surface area contributed by atoms with Gasteiger partial charge in [0.05, 0.1) is 0 Å². The second kappa shape index (κ2) is 7.64. The molecule has 19 heavy (non-hydrogen) atoms. The first-order valence-corrected chi connectivity index (χ1v) is 8.61. The van der Waals surface area contributed by atoms with Crippen LogP contribution >= 0.6 is 0 Å². The van der Waals surface area contributed by atoms with Crippen molar-refractivity contribution in [3.05, 3.63) is 0 Å². The molecule has 0 spiro atoms. The molecule has 0 amide bonds. The Morgan fingerprint density at radius 3 is 2.16 bits per heavy atom. The highest BCUT2D eigenvalue weighted by atomic mass is 15.1. The zero-order chi connectivity index (χ0) is 13.6. The average molecular weight is 266 g/mol. The molecular weight excluding hydrogens is 232 g/mol. The minimum Gasteiger partial charge on any atom is -0.319 e. The highest BCUT2D eigenvalue weighted by molar-refractivity contribution is 4.89. The van der Waals surface area contributed by atoms with Crippen molar-refractivity contribution in [1.29, 1.82) is 0 Å². The smallest absolute Gasteiger partial charge is 0.00501 e. The molecule has 1 N–H and O–H groups in total. The molecule has 2 aliphatic rings. The largest absolute Gasteiger partial charge is 0.319 e. The maximum Gasteiger partial charge on any atom is 0.00501 e. The molecule has 0 bridgehead atoms. The van der Waals surface area contributed by atoms with Crippen LogP contribution in [0.1, 0.15) is 64.7 Å². The van der Waals surface area contributed by atoms with E-state index in [4.69, 9.17) is 0 Å². The molecule has 112 valence electrons. The van der Waals surface area contributed by atoms with Gasteiger partial charge in [-0.3, -0.25) is 0 Å². The summed E-state index contributed by atoms with van der Waals surface area (Å²) in [5, 5.41) is 3.48. The van der Waals surface area contributed by atoms with Crippen molar-refractivity contribution < 1.29 is 0 Å². The van der Waals surface area contributed by atoms with Crippen molar-refractivity contribution in [2.24, 2.45) is 11.3 Å². The maximum absolute atomic E-state index is 3.48. The minimum atomic E-state index is 0.570. The summed E-state index contributed by atoms with van der Waals surface area (Å²) >= 11 is 0. The van der Waals surface area contributed by atoms with Gasteiger partial charge in [0.25, 0.3) is 0 Å². The van der Waals surface area contributed by atoms with Gasteiger partial charge in [-0.25, -0.2) is 0 Å². The molecule has 1 saturated carbocycles. The molecule has 0 unspecified atom stereocenters. The van der Waals surface area contributed by atoms with Gasteiger partial charge in [-0.15, -0.1) is 0 Å². The molecule has 0 aromatic rings. The van der Waals surface area contributed by atoms with Crippen LogP contribution in [0.25, 0.3) is 0 Å². The van der Waals surface area contributed by atoms with Crippen LogP contribution in [-0.2, 0) is 0 Å². The van der Waals surface area contributed by atoms with E-state index in [1.807, 2.05) is 0 Å². The molecule has 2 fully saturated rings. The molecule has 2 rings (SSSR count). The van der Waals surface area contributed by atoms with Crippen LogP contribution in [0, 0.1) is 11.3 Å². The van der Waals surface area contributed by atoms with E-state index >= 15 is 0 Å². The molecule has 1 aliphatic heterocycles. The zero-order valence-electron chi connectivity index (χ0n) is 13.2. The van der Waals surface area contributed by atoms with Crippen molar-refractivity contribution in [2.75, 3.05) is 33.2 Å². The Hall–Kier alpha value is -0.0800. The van der Waals surface area contributed by atoms with Gasteiger partial charge in [-0.05, 0) is 57.2 Å². The van der Waals surface area contributed by atoms with Crippen molar-refractivity contribution in [2.45, 2.75) is 64.7 Å². The Bertz CT molecular complexity index is 236. The number of nitrogens with one attached hydrogen (secondary N) is 1. The third kappa shape index (κ3) is 4.75. The number of likely N-dealkylation sites (tertiary alicyclic amines) is 1. The molecule has 0 radical (unpaired) electrons. The molecule has 2 nitrogen and oxygen atoms in total. The van der Waals surface area contributed by atoms with Crippen molar-refractivity contribution in [3.8, 4) is 0 Å². The summed E-state index contributed by atoms with van der Waals surface area (Å²) in [5.41, 5.74) is 0.570. The Kier molecular flexibility index (Phi) is 6.15. The fourth-order valence-electron chi connectivity index (χ4n) is 4.09. The van der Waals surface area contributed by atoms with Crippen LogP contribution in [0.3, 0.4) is 0 Å². The van der Waals surface area contributed by atoms with Gasteiger partial charge in [0.1, 0.15) is 0 Å². The molecule has 0 atom stereocenters. The predicted octanol–water partition coefficient (Wildman–Crippen LogP) is 3.67. The molecular formula is C17H34N2. The first-order chi connectivity index (χ1) is 9.24. The summed E-state index contributed by atoms with van der Waals surface area (Å²) in [7, 11) is 2.13. The Labute approximate surface area is 120 Å². The summed E-state index contributed by atoms with van der Waals surface area (Å²) in [4.78, 5) is 2.78. The first kappa shape index (κ1) is 15.3. The quantitative estimate of drug-likeness (QED) is 0.835. The third-order valence-corrected chi connectivity index (χ3v) is 5.39. The van der Waals surface area contributed by atoms with E-state index in [0.717, 1.165) is 5.92 Å². The SMILES string of the molecule is CNCC1(CN2CCCCCCC2)CCC(C)CC1. The molecule has 2 heteroatoms. The van der Waals surface area contributed by atoms with Crippen LogP contribution in [0.5, 0.6) is 0 Å². The van der Waals surface area contributed by atoms with Gasteiger partial charge in [0.15, 0.2) is 0 Å². The average Bonchev–Trinajstić information content (AvgIpc) is 2.37. The third-order valence-electron chi connectivity index (χ3n) is 5.39. The lowest BCUT2D eigenvalue weighted by atomic mass is 9.70. The summed E-state index contributed by atoms with van der Waals surface area (Å²) in [6.45, 7) is 7.69. The van der Waals surface area contributed by atoms with Gasteiger partial charge in [-0.2, -0.15) is 0 Å². The van der Waals surface area contributed by atoms with E-state index in [-0.39, 0.29) is 0 Å². The molecule has 0 aromatic heterocycles. The number of nitrogens with zero attached hydrogens (tertiary/aromatic N) is 1. The van der Waals surface area contributed by atoms with Crippen LogP contribution in [0.4, 0.5) is 0 Å². The number of rotatable bonds is 4. The summed E-state index contributed by atoms with van der Waals surface area (Å²) in [5.74, 6) is 0.956. The van der Waals surface area contributed by atoms with E-state index in [1.165, 1.54) is 84.0 Å². The summed E-state index contributed by atoms with van der Waals surface area (Å²) in [6.07, 6.45) is 13.0.